The van der Waals surface area contributed by atoms with E-state index >= 15 is 0 Å². The second-order valence-corrected chi connectivity index (χ2v) is 8.47. The Bertz CT molecular complexity index is 1130. The number of anilines is 1. The van der Waals surface area contributed by atoms with Crippen molar-refractivity contribution < 1.29 is 13.9 Å². The number of carbonyl (C=O) groups excluding carboxylic acids is 1. The number of methoxy groups -OCH3 is 1. The fourth-order valence-corrected chi connectivity index (χ4v) is 4.21. The fourth-order valence-electron chi connectivity index (χ4n) is 3.25. The summed E-state index contributed by atoms with van der Waals surface area (Å²) < 4.78 is 11.8. The molecule has 5 nitrogen and oxygen atoms in total. The normalized spacial score (nSPS) is 11.2. The van der Waals surface area contributed by atoms with Crippen LogP contribution in [0.1, 0.15) is 36.7 Å². The standard InChI is InChI=1S/C24H24N2O3S/c1-16(2)18-8-6-17(7-9-18)13-23(27)26(15-20-5-4-12-29-20)24-25-21-14-19(28-3)10-11-22(21)30-24/h4-12,14,16H,13,15H2,1-3H3. The fraction of sp³-hybridized carbons (Fsp3) is 0.250. The lowest BCUT2D eigenvalue weighted by Crippen LogP contribution is -2.31. The van der Waals surface area contributed by atoms with Gasteiger partial charge in [0.2, 0.25) is 5.91 Å². The van der Waals surface area contributed by atoms with Crippen molar-refractivity contribution in [1.82, 2.24) is 4.98 Å². The molecule has 2 heterocycles. The van der Waals surface area contributed by atoms with Crippen LogP contribution < -0.4 is 9.64 Å². The molecule has 4 rings (SSSR count). The molecule has 2 aromatic carbocycles. The zero-order chi connectivity index (χ0) is 21.1. The molecule has 0 aliphatic rings. The molecule has 0 bridgehead atoms. The summed E-state index contributed by atoms with van der Waals surface area (Å²) in [5.74, 6) is 1.91. The van der Waals surface area contributed by atoms with E-state index in [2.05, 4.69) is 26.0 Å². The van der Waals surface area contributed by atoms with Gasteiger partial charge >= 0.3 is 0 Å². The van der Waals surface area contributed by atoms with Gasteiger partial charge in [0.25, 0.3) is 0 Å². The van der Waals surface area contributed by atoms with Gasteiger partial charge in [-0.1, -0.05) is 49.4 Å². The number of hydrogen-bond donors (Lipinski definition) is 0. The quantitative estimate of drug-likeness (QED) is 0.379. The Balaban J connectivity index is 1.63. The first-order chi connectivity index (χ1) is 14.5. The van der Waals surface area contributed by atoms with E-state index in [1.54, 1.807) is 18.3 Å². The third-order valence-corrected chi connectivity index (χ3v) is 6.07. The molecule has 0 fully saturated rings. The average molecular weight is 421 g/mol. The molecular formula is C24H24N2O3S. The maximum absolute atomic E-state index is 13.3. The molecular weight excluding hydrogens is 396 g/mol. The Kier molecular flexibility index (Phi) is 5.86. The van der Waals surface area contributed by atoms with Gasteiger partial charge in [-0.05, 0) is 41.3 Å². The smallest absolute Gasteiger partial charge is 0.233 e. The summed E-state index contributed by atoms with van der Waals surface area (Å²) in [7, 11) is 1.63. The number of hydrogen-bond acceptors (Lipinski definition) is 5. The monoisotopic (exact) mass is 420 g/mol. The van der Waals surface area contributed by atoms with Crippen LogP contribution in [0.2, 0.25) is 0 Å². The highest BCUT2D eigenvalue weighted by atomic mass is 32.1. The molecule has 1 amide bonds. The zero-order valence-corrected chi connectivity index (χ0v) is 18.1. The largest absolute Gasteiger partial charge is 0.497 e. The minimum Gasteiger partial charge on any atom is -0.497 e. The van der Waals surface area contributed by atoms with E-state index in [1.807, 2.05) is 42.5 Å². The van der Waals surface area contributed by atoms with Gasteiger partial charge in [-0.2, -0.15) is 0 Å². The Morgan fingerprint density at radius 1 is 1.17 bits per heavy atom. The van der Waals surface area contributed by atoms with Crippen LogP contribution in [0.4, 0.5) is 5.13 Å². The molecule has 0 aliphatic heterocycles. The van der Waals surface area contributed by atoms with Gasteiger partial charge in [0.05, 0.1) is 36.6 Å². The number of rotatable bonds is 7. The van der Waals surface area contributed by atoms with E-state index in [1.165, 1.54) is 16.9 Å². The van der Waals surface area contributed by atoms with Crippen molar-refractivity contribution in [1.29, 1.82) is 0 Å². The molecule has 0 spiro atoms. The molecule has 2 aromatic heterocycles. The molecule has 154 valence electrons. The minimum absolute atomic E-state index is 0.0188. The Morgan fingerprint density at radius 3 is 2.63 bits per heavy atom. The van der Waals surface area contributed by atoms with Gasteiger partial charge in [-0.3, -0.25) is 9.69 Å². The third-order valence-electron chi connectivity index (χ3n) is 5.01. The lowest BCUT2D eigenvalue weighted by molar-refractivity contribution is -0.118. The van der Waals surface area contributed by atoms with Crippen LogP contribution in [0.25, 0.3) is 10.2 Å². The van der Waals surface area contributed by atoms with Crippen LogP contribution in [-0.4, -0.2) is 18.0 Å². The molecule has 0 atom stereocenters. The maximum atomic E-state index is 13.3. The van der Waals surface area contributed by atoms with Crippen molar-refractivity contribution in [2.45, 2.75) is 32.7 Å². The van der Waals surface area contributed by atoms with Crippen molar-refractivity contribution in [3.8, 4) is 5.75 Å². The summed E-state index contributed by atoms with van der Waals surface area (Å²) in [6.45, 7) is 4.66. The minimum atomic E-state index is -0.0188. The first-order valence-electron chi connectivity index (χ1n) is 9.89. The van der Waals surface area contributed by atoms with E-state index < -0.39 is 0 Å². The highest BCUT2D eigenvalue weighted by molar-refractivity contribution is 7.22. The van der Waals surface area contributed by atoms with Gasteiger partial charge in [0.15, 0.2) is 5.13 Å². The topological polar surface area (TPSA) is 55.6 Å². The molecule has 0 unspecified atom stereocenters. The summed E-state index contributed by atoms with van der Waals surface area (Å²) in [6.07, 6.45) is 1.92. The number of aromatic nitrogens is 1. The number of carbonyl (C=O) groups is 1. The van der Waals surface area contributed by atoms with E-state index in [4.69, 9.17) is 14.1 Å². The van der Waals surface area contributed by atoms with Crippen molar-refractivity contribution >= 4 is 32.6 Å². The van der Waals surface area contributed by atoms with E-state index in [-0.39, 0.29) is 5.91 Å². The molecule has 30 heavy (non-hydrogen) atoms. The molecule has 6 heteroatoms. The first-order valence-corrected chi connectivity index (χ1v) is 10.7. The average Bonchev–Trinajstić information content (AvgIpc) is 3.41. The predicted octanol–water partition coefficient (Wildman–Crippen LogP) is 5.80. The number of amides is 1. The second-order valence-electron chi connectivity index (χ2n) is 7.46. The number of thiazole rings is 1. The van der Waals surface area contributed by atoms with Crippen molar-refractivity contribution in [2.24, 2.45) is 0 Å². The summed E-state index contributed by atoms with van der Waals surface area (Å²) in [5.41, 5.74) is 3.06. The first kappa shape index (κ1) is 20.2. The van der Waals surface area contributed by atoms with Crippen LogP contribution in [0.15, 0.2) is 65.3 Å². The molecule has 0 N–H and O–H groups in total. The molecule has 0 radical (unpaired) electrons. The lowest BCUT2D eigenvalue weighted by Gasteiger charge is -2.19. The zero-order valence-electron chi connectivity index (χ0n) is 17.3. The van der Waals surface area contributed by atoms with E-state index in [0.29, 0.717) is 24.0 Å². The molecule has 0 saturated carbocycles. The van der Waals surface area contributed by atoms with Gasteiger partial charge in [0, 0.05) is 6.07 Å². The maximum Gasteiger partial charge on any atom is 0.233 e. The van der Waals surface area contributed by atoms with Crippen molar-refractivity contribution in [3.05, 3.63) is 77.7 Å². The van der Waals surface area contributed by atoms with Crippen LogP contribution >= 0.6 is 11.3 Å². The van der Waals surface area contributed by atoms with Crippen LogP contribution in [0, 0.1) is 0 Å². The SMILES string of the molecule is COc1ccc2sc(N(Cc3ccco3)C(=O)Cc3ccc(C(C)C)cc3)nc2c1. The number of benzene rings is 2. The van der Waals surface area contributed by atoms with E-state index in [0.717, 1.165) is 27.3 Å². The summed E-state index contributed by atoms with van der Waals surface area (Å²) in [4.78, 5) is 19.7. The Morgan fingerprint density at radius 2 is 1.97 bits per heavy atom. The van der Waals surface area contributed by atoms with Gasteiger partial charge in [-0.25, -0.2) is 4.98 Å². The van der Waals surface area contributed by atoms with Gasteiger partial charge in [-0.15, -0.1) is 0 Å². The van der Waals surface area contributed by atoms with Crippen molar-refractivity contribution in [2.75, 3.05) is 12.0 Å². The Labute approximate surface area is 179 Å². The van der Waals surface area contributed by atoms with Gasteiger partial charge < -0.3 is 9.15 Å². The number of furan rings is 1. The predicted molar refractivity (Wildman–Crippen MR) is 120 cm³/mol. The van der Waals surface area contributed by atoms with Crippen molar-refractivity contribution in [3.63, 3.8) is 0 Å². The molecule has 4 aromatic rings. The van der Waals surface area contributed by atoms with E-state index in [9.17, 15) is 4.79 Å². The van der Waals surface area contributed by atoms with Crippen LogP contribution in [0.3, 0.4) is 0 Å². The van der Waals surface area contributed by atoms with Crippen LogP contribution in [0.5, 0.6) is 5.75 Å². The number of fused-ring (bicyclic) bond motifs is 1. The molecule has 0 aliphatic carbocycles. The number of nitrogens with zero attached hydrogens (tertiary/aromatic N) is 2. The Hall–Kier alpha value is -3.12. The highest BCUT2D eigenvalue weighted by Crippen LogP contribution is 2.32. The summed E-state index contributed by atoms with van der Waals surface area (Å²) in [5, 5.41) is 0.651. The van der Waals surface area contributed by atoms with Gasteiger partial charge in [0.1, 0.15) is 11.5 Å². The highest BCUT2D eigenvalue weighted by Gasteiger charge is 2.22. The third kappa shape index (κ3) is 4.39. The summed E-state index contributed by atoms with van der Waals surface area (Å²) in [6, 6.07) is 17.7. The molecule has 0 saturated heterocycles. The number of ether oxygens (including phenoxy) is 1. The lowest BCUT2D eigenvalue weighted by atomic mass is 10.0. The van der Waals surface area contributed by atoms with Crippen LogP contribution in [-0.2, 0) is 17.8 Å². The second kappa shape index (κ2) is 8.71. The summed E-state index contributed by atoms with van der Waals surface area (Å²) >= 11 is 1.49.